The highest BCUT2D eigenvalue weighted by Crippen LogP contribution is 2.28. The van der Waals surface area contributed by atoms with Crippen LogP contribution in [0.5, 0.6) is 0 Å². The molecule has 5 rings (SSSR count). The molecule has 2 amide bonds. The molecule has 1 atom stereocenters. The van der Waals surface area contributed by atoms with E-state index in [1.54, 1.807) is 42.5 Å². The molecular formula is C39H44ClN3O4S. The summed E-state index contributed by atoms with van der Waals surface area (Å²) < 4.78 is 29.8. The lowest BCUT2D eigenvalue weighted by molar-refractivity contribution is -0.140. The predicted molar refractivity (Wildman–Crippen MR) is 193 cm³/mol. The van der Waals surface area contributed by atoms with Gasteiger partial charge in [0, 0.05) is 24.0 Å². The van der Waals surface area contributed by atoms with Crippen LogP contribution in [0.3, 0.4) is 0 Å². The molecule has 7 nitrogen and oxygen atoms in total. The number of hydrogen-bond acceptors (Lipinski definition) is 4. The summed E-state index contributed by atoms with van der Waals surface area (Å²) in [5.41, 5.74) is 3.87. The molecule has 0 unspecified atom stereocenters. The van der Waals surface area contributed by atoms with Crippen molar-refractivity contribution >= 4 is 39.1 Å². The van der Waals surface area contributed by atoms with Crippen molar-refractivity contribution in [2.45, 2.75) is 82.3 Å². The maximum atomic E-state index is 14.7. The molecule has 1 N–H and O–H groups in total. The van der Waals surface area contributed by atoms with Crippen LogP contribution in [0.4, 0.5) is 5.69 Å². The van der Waals surface area contributed by atoms with Gasteiger partial charge in [-0.1, -0.05) is 117 Å². The zero-order valence-corrected chi connectivity index (χ0v) is 29.4. The minimum absolute atomic E-state index is 0.0266. The maximum absolute atomic E-state index is 14.7. The number of nitrogens with one attached hydrogen (secondary N) is 1. The van der Waals surface area contributed by atoms with E-state index in [2.05, 4.69) is 19.2 Å². The summed E-state index contributed by atoms with van der Waals surface area (Å²) in [6.07, 6.45) is 4.10. The number of carbonyl (C=O) groups excluding carboxylic acids is 2. The van der Waals surface area contributed by atoms with Crippen LogP contribution in [0, 0.1) is 6.92 Å². The third kappa shape index (κ3) is 8.65. The van der Waals surface area contributed by atoms with Gasteiger partial charge in [0.25, 0.3) is 10.0 Å². The van der Waals surface area contributed by atoms with Crippen molar-refractivity contribution in [3.05, 3.63) is 130 Å². The largest absolute Gasteiger partial charge is 0.352 e. The molecular weight excluding hydrogens is 642 g/mol. The van der Waals surface area contributed by atoms with Gasteiger partial charge < -0.3 is 10.2 Å². The molecule has 1 aliphatic carbocycles. The maximum Gasteiger partial charge on any atom is 0.264 e. The summed E-state index contributed by atoms with van der Waals surface area (Å²) in [4.78, 5) is 30.5. The first-order valence-electron chi connectivity index (χ1n) is 16.6. The number of halogens is 1. The molecule has 4 aromatic carbocycles. The van der Waals surface area contributed by atoms with Crippen molar-refractivity contribution in [2.24, 2.45) is 0 Å². The van der Waals surface area contributed by atoms with Crippen molar-refractivity contribution in [3.8, 4) is 0 Å². The van der Waals surface area contributed by atoms with Crippen molar-refractivity contribution in [3.63, 3.8) is 0 Å². The van der Waals surface area contributed by atoms with Crippen LogP contribution in [-0.4, -0.2) is 43.8 Å². The van der Waals surface area contributed by atoms with E-state index in [9.17, 15) is 18.0 Å². The molecule has 0 radical (unpaired) electrons. The van der Waals surface area contributed by atoms with E-state index >= 15 is 0 Å². The number of hydrogen-bond donors (Lipinski definition) is 1. The Labute approximate surface area is 290 Å². The molecule has 1 saturated carbocycles. The quantitative estimate of drug-likeness (QED) is 0.157. The van der Waals surface area contributed by atoms with Crippen LogP contribution in [-0.2, 0) is 32.6 Å². The smallest absolute Gasteiger partial charge is 0.264 e. The van der Waals surface area contributed by atoms with Crippen LogP contribution in [0.25, 0.3) is 0 Å². The van der Waals surface area contributed by atoms with Gasteiger partial charge in [-0.05, 0) is 72.7 Å². The Morgan fingerprint density at radius 1 is 0.854 bits per heavy atom. The summed E-state index contributed by atoms with van der Waals surface area (Å²) in [6, 6.07) is 29.7. The molecule has 1 aliphatic rings. The Bertz CT molecular complexity index is 1790. The number of anilines is 1. The highest BCUT2D eigenvalue weighted by Gasteiger charge is 2.36. The van der Waals surface area contributed by atoms with Crippen LogP contribution in [0.15, 0.2) is 108 Å². The van der Waals surface area contributed by atoms with Crippen LogP contribution in [0.1, 0.15) is 67.7 Å². The second-order valence-electron chi connectivity index (χ2n) is 12.9. The van der Waals surface area contributed by atoms with Gasteiger partial charge in [0.05, 0.1) is 10.6 Å². The Hall–Kier alpha value is -4.14. The van der Waals surface area contributed by atoms with E-state index in [1.807, 2.05) is 67.6 Å². The average Bonchev–Trinajstić information content (AvgIpc) is 3.59. The second kappa shape index (κ2) is 15.8. The first-order chi connectivity index (χ1) is 23.0. The molecule has 0 spiro atoms. The fraction of sp³-hybridized carbons (Fsp3) is 0.333. The minimum Gasteiger partial charge on any atom is -0.352 e. The Balaban J connectivity index is 1.58. The predicted octanol–water partition coefficient (Wildman–Crippen LogP) is 7.67. The first kappa shape index (κ1) is 35.2. The molecule has 0 bridgehead atoms. The number of carbonyl (C=O) groups is 2. The standard InChI is InChI=1S/C39H44ClN3O4S/c1-28(2)31-19-21-34(22-20-31)43(48(46,47)35-23-17-29(3)18-24-35)27-38(44)42(26-32-13-7-10-16-36(32)40)37(25-30-11-5-4-6-12-30)39(45)41-33-14-8-9-15-33/h4-7,10-13,16-24,28,33,37H,8-9,14-15,25-27H2,1-3H3,(H,41,45)/t37-/m0/s1. The number of benzene rings is 4. The molecule has 48 heavy (non-hydrogen) atoms. The third-order valence-electron chi connectivity index (χ3n) is 9.01. The van der Waals surface area contributed by atoms with Gasteiger partial charge in [0.1, 0.15) is 12.6 Å². The molecule has 9 heteroatoms. The molecule has 1 fully saturated rings. The number of sulfonamides is 1. The number of amides is 2. The molecule has 0 saturated heterocycles. The van der Waals surface area contributed by atoms with E-state index in [0.29, 0.717) is 16.3 Å². The lowest BCUT2D eigenvalue weighted by Crippen LogP contribution is -2.54. The van der Waals surface area contributed by atoms with Crippen molar-refractivity contribution in [2.75, 3.05) is 10.8 Å². The van der Waals surface area contributed by atoms with E-state index in [0.717, 1.165) is 46.7 Å². The fourth-order valence-electron chi connectivity index (χ4n) is 6.12. The van der Waals surface area contributed by atoms with Crippen molar-refractivity contribution in [1.29, 1.82) is 0 Å². The number of rotatable bonds is 13. The van der Waals surface area contributed by atoms with E-state index in [1.165, 1.54) is 4.90 Å². The summed E-state index contributed by atoms with van der Waals surface area (Å²) in [5.74, 6) is -0.535. The molecule has 0 aromatic heterocycles. The van der Waals surface area contributed by atoms with Crippen molar-refractivity contribution in [1.82, 2.24) is 10.2 Å². The minimum atomic E-state index is -4.18. The summed E-state index contributed by atoms with van der Waals surface area (Å²) in [5, 5.41) is 3.66. The Kier molecular flexibility index (Phi) is 11.6. The molecule has 252 valence electrons. The Morgan fingerprint density at radius 3 is 2.10 bits per heavy atom. The van der Waals surface area contributed by atoms with Gasteiger partial charge in [-0.15, -0.1) is 0 Å². The number of nitrogens with zero attached hydrogens (tertiary/aromatic N) is 2. The summed E-state index contributed by atoms with van der Waals surface area (Å²) in [6.45, 7) is 5.53. The van der Waals surface area contributed by atoms with Gasteiger partial charge in [0.15, 0.2) is 0 Å². The normalized spacial score (nSPS) is 14.1. The third-order valence-corrected chi connectivity index (χ3v) is 11.2. The molecule has 0 aliphatic heterocycles. The zero-order valence-electron chi connectivity index (χ0n) is 27.8. The van der Waals surface area contributed by atoms with Crippen LogP contribution in [0.2, 0.25) is 5.02 Å². The molecule has 4 aromatic rings. The van der Waals surface area contributed by atoms with Gasteiger partial charge >= 0.3 is 0 Å². The monoisotopic (exact) mass is 685 g/mol. The average molecular weight is 686 g/mol. The van der Waals surface area contributed by atoms with E-state index < -0.39 is 28.5 Å². The first-order valence-corrected chi connectivity index (χ1v) is 18.4. The highest BCUT2D eigenvalue weighted by atomic mass is 35.5. The van der Waals surface area contributed by atoms with E-state index in [-0.39, 0.29) is 35.7 Å². The van der Waals surface area contributed by atoms with Gasteiger partial charge in [-0.3, -0.25) is 13.9 Å². The SMILES string of the molecule is Cc1ccc(S(=O)(=O)N(CC(=O)N(Cc2ccccc2Cl)[C@@H](Cc2ccccc2)C(=O)NC2CCCC2)c2ccc(C(C)C)cc2)cc1. The summed E-state index contributed by atoms with van der Waals surface area (Å²) >= 11 is 6.62. The highest BCUT2D eigenvalue weighted by molar-refractivity contribution is 7.92. The topological polar surface area (TPSA) is 86.8 Å². The van der Waals surface area contributed by atoms with Crippen molar-refractivity contribution < 1.29 is 18.0 Å². The lowest BCUT2D eigenvalue weighted by Gasteiger charge is -2.34. The van der Waals surface area contributed by atoms with Crippen LogP contribution < -0.4 is 9.62 Å². The lowest BCUT2D eigenvalue weighted by atomic mass is 10.0. The van der Waals surface area contributed by atoms with Gasteiger partial charge in [-0.25, -0.2) is 8.42 Å². The van der Waals surface area contributed by atoms with Gasteiger partial charge in [0.2, 0.25) is 11.8 Å². The Morgan fingerprint density at radius 2 is 1.48 bits per heavy atom. The van der Waals surface area contributed by atoms with Crippen LogP contribution >= 0.6 is 11.6 Å². The van der Waals surface area contributed by atoms with Gasteiger partial charge in [-0.2, -0.15) is 0 Å². The molecule has 0 heterocycles. The second-order valence-corrected chi connectivity index (χ2v) is 15.1. The number of aryl methyl sites for hydroxylation is 1. The fourth-order valence-corrected chi connectivity index (χ4v) is 7.73. The van der Waals surface area contributed by atoms with E-state index in [4.69, 9.17) is 11.6 Å². The zero-order chi connectivity index (χ0) is 34.3. The summed E-state index contributed by atoms with van der Waals surface area (Å²) in [7, 11) is -4.18.